The zero-order valence-electron chi connectivity index (χ0n) is 14.7. The second-order valence-corrected chi connectivity index (χ2v) is 7.31. The lowest BCUT2D eigenvalue weighted by Crippen LogP contribution is -2.47. The minimum atomic E-state index is -0.755. The Bertz CT molecular complexity index is 925. The zero-order chi connectivity index (χ0) is 18.8. The number of aromatic nitrogens is 7. The molecular weight excluding hydrogens is 360 g/mol. The molecule has 1 saturated carbocycles. The molecule has 2 aromatic rings. The van der Waals surface area contributed by atoms with Gasteiger partial charge in [-0.25, -0.2) is 14.2 Å². The van der Waals surface area contributed by atoms with Crippen LogP contribution in [0.5, 0.6) is 0 Å². The molecule has 2 heterocycles. The molecule has 26 heavy (non-hydrogen) atoms. The first-order chi connectivity index (χ1) is 12.4. The minimum Gasteiger partial charge on any atom is -0.288 e. The summed E-state index contributed by atoms with van der Waals surface area (Å²) in [5.41, 5.74) is -1.56. The maximum absolute atomic E-state index is 12.8. The quantitative estimate of drug-likeness (QED) is 0.756. The highest BCUT2D eigenvalue weighted by atomic mass is 32.2. The minimum absolute atomic E-state index is 0.0806. The first-order valence-corrected chi connectivity index (χ1v) is 9.47. The predicted molar refractivity (Wildman–Crippen MR) is 95.3 cm³/mol. The molecule has 0 saturated heterocycles. The lowest BCUT2D eigenvalue weighted by atomic mass is 9.95. The molecule has 12 heteroatoms. The third-order valence-electron chi connectivity index (χ3n) is 4.56. The molecule has 0 aromatic carbocycles. The smallest absolute Gasteiger partial charge is 0.288 e. The van der Waals surface area contributed by atoms with Gasteiger partial charge in [-0.15, -0.1) is 0 Å². The number of tetrazole rings is 1. The predicted octanol–water partition coefficient (Wildman–Crippen LogP) is -0.435. The maximum atomic E-state index is 12.8. The Labute approximate surface area is 152 Å². The summed E-state index contributed by atoms with van der Waals surface area (Å²) < 4.78 is 3.43. The number of nitrogens with one attached hydrogen (secondary N) is 1. The number of aryl methyl sites for hydroxylation is 2. The molecule has 140 valence electrons. The molecule has 1 N–H and O–H groups in total. The number of hydrogen-bond acceptors (Lipinski definition) is 8. The van der Waals surface area contributed by atoms with Gasteiger partial charge in [-0.1, -0.05) is 5.10 Å². The van der Waals surface area contributed by atoms with E-state index in [2.05, 4.69) is 32.2 Å². The highest BCUT2D eigenvalue weighted by molar-refractivity contribution is 7.99. The fourth-order valence-electron chi connectivity index (χ4n) is 3.09. The number of carbonyl (C=O) groups excluding carboxylic acids is 1. The normalized spacial score (nSPS) is 20.1. The van der Waals surface area contributed by atoms with Gasteiger partial charge >= 0.3 is 5.69 Å². The van der Waals surface area contributed by atoms with E-state index in [1.54, 1.807) is 18.8 Å². The van der Waals surface area contributed by atoms with E-state index in [0.29, 0.717) is 5.25 Å². The summed E-state index contributed by atoms with van der Waals surface area (Å²) in [6.07, 6.45) is 5.36. The van der Waals surface area contributed by atoms with Crippen LogP contribution >= 0.6 is 11.8 Å². The molecule has 0 bridgehead atoms. The summed E-state index contributed by atoms with van der Waals surface area (Å²) in [4.78, 5) is 37.8. The fraction of sp³-hybridized carbons (Fsp3) is 0.643. The zero-order valence-corrected chi connectivity index (χ0v) is 15.6. The summed E-state index contributed by atoms with van der Waals surface area (Å²) in [6, 6.07) is -0.226. The second kappa shape index (κ2) is 7.40. The molecule has 1 aliphatic rings. The van der Waals surface area contributed by atoms with Gasteiger partial charge in [0.05, 0.1) is 0 Å². The van der Waals surface area contributed by atoms with Crippen molar-refractivity contribution < 1.29 is 4.79 Å². The Morgan fingerprint density at radius 1 is 1.15 bits per heavy atom. The Hall–Kier alpha value is -2.50. The van der Waals surface area contributed by atoms with E-state index in [0.717, 1.165) is 34.9 Å². The lowest BCUT2D eigenvalue weighted by molar-refractivity contribution is 0.101. The standard InChI is InChI=1S/C14H20N8O3S/c1-20-13(16-18-19-20)15-11(23)10-12(24)22(14(25)21(2)17-10)8-4-6-9(26-3)7-5-8/h8-9H,4-7H2,1-3H3,(H,15,16,19,23). The molecule has 1 fully saturated rings. The number of anilines is 1. The molecule has 0 radical (unpaired) electrons. The third kappa shape index (κ3) is 3.41. The molecule has 2 aromatic heterocycles. The largest absolute Gasteiger partial charge is 0.347 e. The van der Waals surface area contributed by atoms with Crippen molar-refractivity contribution in [3.8, 4) is 0 Å². The van der Waals surface area contributed by atoms with Crippen molar-refractivity contribution in [1.29, 1.82) is 0 Å². The number of carbonyl (C=O) groups is 1. The summed E-state index contributed by atoms with van der Waals surface area (Å²) >= 11 is 1.80. The first kappa shape index (κ1) is 18.3. The van der Waals surface area contributed by atoms with Crippen LogP contribution in [0.3, 0.4) is 0 Å². The molecular formula is C14H20N8O3S. The lowest BCUT2D eigenvalue weighted by Gasteiger charge is -2.28. The van der Waals surface area contributed by atoms with Crippen LogP contribution in [0.4, 0.5) is 5.95 Å². The van der Waals surface area contributed by atoms with Crippen molar-refractivity contribution in [2.24, 2.45) is 14.1 Å². The summed E-state index contributed by atoms with van der Waals surface area (Å²) in [6.45, 7) is 0. The van der Waals surface area contributed by atoms with Crippen LogP contribution in [0.2, 0.25) is 0 Å². The van der Waals surface area contributed by atoms with Crippen LogP contribution in [0.25, 0.3) is 0 Å². The highest BCUT2D eigenvalue weighted by Gasteiger charge is 2.27. The van der Waals surface area contributed by atoms with E-state index in [-0.39, 0.29) is 17.7 Å². The van der Waals surface area contributed by atoms with Crippen LogP contribution in [-0.2, 0) is 14.1 Å². The molecule has 0 unspecified atom stereocenters. The summed E-state index contributed by atoms with van der Waals surface area (Å²) in [7, 11) is 2.97. The topological polar surface area (TPSA) is 130 Å². The molecule has 3 rings (SSSR count). The number of nitrogens with zero attached hydrogens (tertiary/aromatic N) is 7. The number of hydrogen-bond donors (Lipinski definition) is 1. The SMILES string of the molecule is CSC1CCC(n2c(=O)c(C(=O)Nc3nnnn3C)nn(C)c2=O)CC1. The van der Waals surface area contributed by atoms with Crippen LogP contribution in [0.15, 0.2) is 9.59 Å². The number of amides is 1. The van der Waals surface area contributed by atoms with Crippen molar-refractivity contribution in [3.05, 3.63) is 26.5 Å². The van der Waals surface area contributed by atoms with E-state index in [9.17, 15) is 14.4 Å². The third-order valence-corrected chi connectivity index (χ3v) is 5.70. The average Bonchev–Trinajstić information content (AvgIpc) is 3.03. The van der Waals surface area contributed by atoms with Gasteiger partial charge in [-0.2, -0.15) is 16.9 Å². The van der Waals surface area contributed by atoms with E-state index >= 15 is 0 Å². The first-order valence-electron chi connectivity index (χ1n) is 8.18. The van der Waals surface area contributed by atoms with E-state index in [4.69, 9.17) is 0 Å². The summed E-state index contributed by atoms with van der Waals surface area (Å²) in [5.74, 6) is -0.674. The molecule has 0 aliphatic heterocycles. The van der Waals surface area contributed by atoms with Gasteiger partial charge in [0.25, 0.3) is 11.5 Å². The van der Waals surface area contributed by atoms with Crippen molar-refractivity contribution in [1.82, 2.24) is 34.6 Å². The van der Waals surface area contributed by atoms with Gasteiger partial charge < -0.3 is 0 Å². The van der Waals surface area contributed by atoms with Gasteiger partial charge in [0.2, 0.25) is 11.6 Å². The Balaban J connectivity index is 1.94. The Kier molecular flexibility index (Phi) is 5.20. The monoisotopic (exact) mass is 380 g/mol. The van der Waals surface area contributed by atoms with Crippen molar-refractivity contribution in [2.75, 3.05) is 11.6 Å². The van der Waals surface area contributed by atoms with Gasteiger partial charge in [0.15, 0.2) is 0 Å². The number of thioether (sulfide) groups is 1. The molecule has 0 spiro atoms. The van der Waals surface area contributed by atoms with Gasteiger partial charge in [-0.05, 0) is 42.4 Å². The van der Waals surface area contributed by atoms with Gasteiger partial charge in [0.1, 0.15) is 0 Å². The van der Waals surface area contributed by atoms with Crippen LogP contribution in [0, 0.1) is 0 Å². The maximum Gasteiger partial charge on any atom is 0.347 e. The highest BCUT2D eigenvalue weighted by Crippen LogP contribution is 2.32. The van der Waals surface area contributed by atoms with Crippen molar-refractivity contribution in [3.63, 3.8) is 0 Å². The molecule has 1 amide bonds. The van der Waals surface area contributed by atoms with E-state index in [1.165, 1.54) is 11.7 Å². The fourth-order valence-corrected chi connectivity index (χ4v) is 3.84. The van der Waals surface area contributed by atoms with Gasteiger partial charge in [0, 0.05) is 25.4 Å². The summed E-state index contributed by atoms with van der Waals surface area (Å²) in [5, 5.41) is 17.5. The van der Waals surface area contributed by atoms with Crippen LogP contribution < -0.4 is 16.6 Å². The molecule has 0 atom stereocenters. The van der Waals surface area contributed by atoms with Gasteiger partial charge in [-0.3, -0.25) is 19.5 Å². The van der Waals surface area contributed by atoms with Crippen molar-refractivity contribution in [2.45, 2.75) is 37.0 Å². The van der Waals surface area contributed by atoms with E-state index < -0.39 is 17.2 Å². The number of rotatable bonds is 4. The second-order valence-electron chi connectivity index (χ2n) is 6.18. The van der Waals surface area contributed by atoms with E-state index in [1.807, 2.05) is 0 Å². The molecule has 11 nitrogen and oxygen atoms in total. The van der Waals surface area contributed by atoms with Crippen LogP contribution in [-0.4, -0.2) is 52.0 Å². The van der Waals surface area contributed by atoms with Crippen molar-refractivity contribution >= 4 is 23.6 Å². The average molecular weight is 380 g/mol. The Morgan fingerprint density at radius 2 is 1.85 bits per heavy atom. The van der Waals surface area contributed by atoms with Crippen LogP contribution in [0.1, 0.15) is 42.2 Å². The Morgan fingerprint density at radius 3 is 2.42 bits per heavy atom. The molecule has 1 aliphatic carbocycles.